The number of hydrogen-bond donors (Lipinski definition) is 0. The lowest BCUT2D eigenvalue weighted by Gasteiger charge is -2.35. The predicted octanol–water partition coefficient (Wildman–Crippen LogP) is 4.04. The Kier molecular flexibility index (Phi) is 3.96. The van der Waals surface area contributed by atoms with E-state index in [2.05, 4.69) is 60.0 Å². The Labute approximate surface area is 82.0 Å². The topological polar surface area (TPSA) is 0 Å². The molecule has 2 unspecified atom stereocenters. The molecular formula is C10H22P2. The van der Waals surface area contributed by atoms with Crippen molar-refractivity contribution in [2.75, 3.05) is 0 Å². The van der Waals surface area contributed by atoms with Gasteiger partial charge in [0.2, 0.25) is 0 Å². The second-order valence-electron chi connectivity index (χ2n) is 5.33. The van der Waals surface area contributed by atoms with Gasteiger partial charge in [0.05, 0.1) is 0 Å². The van der Waals surface area contributed by atoms with E-state index in [4.69, 9.17) is 0 Å². The predicted molar refractivity (Wildman–Crippen MR) is 65.4 cm³/mol. The summed E-state index contributed by atoms with van der Waals surface area (Å²) in [7, 11) is 5.58. The van der Waals surface area contributed by atoms with Crippen LogP contribution in [0.5, 0.6) is 0 Å². The van der Waals surface area contributed by atoms with Crippen molar-refractivity contribution in [1.82, 2.24) is 0 Å². The Morgan fingerprint density at radius 3 is 1.00 bits per heavy atom. The van der Waals surface area contributed by atoms with Crippen molar-refractivity contribution in [3.05, 3.63) is 10.6 Å². The van der Waals surface area contributed by atoms with Crippen LogP contribution in [0.3, 0.4) is 0 Å². The van der Waals surface area contributed by atoms with E-state index < -0.39 is 0 Å². The molecule has 0 amide bonds. The molecule has 0 fully saturated rings. The first-order chi connectivity index (χ1) is 5.07. The molecule has 0 aromatic carbocycles. The first-order valence-electron chi connectivity index (χ1n) is 4.33. The van der Waals surface area contributed by atoms with Crippen LogP contribution in [0.15, 0.2) is 10.6 Å². The molecule has 0 saturated carbocycles. The Morgan fingerprint density at radius 1 is 0.750 bits per heavy atom. The quantitative estimate of drug-likeness (QED) is 0.522. The molecule has 12 heavy (non-hydrogen) atoms. The third-order valence-electron chi connectivity index (χ3n) is 1.79. The van der Waals surface area contributed by atoms with Crippen LogP contribution in [0.25, 0.3) is 0 Å². The van der Waals surface area contributed by atoms with Crippen LogP contribution in [0.1, 0.15) is 41.5 Å². The fourth-order valence-electron chi connectivity index (χ4n) is 1.99. The standard InChI is InChI=1S/C10H22P2/c1-9(2,3)7(8(11)12)10(4,5)6/h11-12H2,1-6H3. The molecule has 0 bridgehead atoms. The van der Waals surface area contributed by atoms with Gasteiger partial charge in [-0.15, -0.1) is 18.5 Å². The van der Waals surface area contributed by atoms with Gasteiger partial charge in [-0.1, -0.05) is 47.1 Å². The molecule has 72 valence electrons. The molecule has 2 heteroatoms. The van der Waals surface area contributed by atoms with E-state index in [1.807, 2.05) is 0 Å². The summed E-state index contributed by atoms with van der Waals surface area (Å²) in [5.41, 5.74) is 2.03. The highest BCUT2D eigenvalue weighted by Crippen LogP contribution is 2.44. The maximum atomic E-state index is 2.79. The van der Waals surface area contributed by atoms with Crippen molar-refractivity contribution in [1.29, 1.82) is 0 Å². The Balaban J connectivity index is 5.13. The van der Waals surface area contributed by atoms with E-state index in [-0.39, 0.29) is 10.8 Å². The lowest BCUT2D eigenvalue weighted by atomic mass is 9.73. The lowest BCUT2D eigenvalue weighted by Crippen LogP contribution is -2.22. The Hall–Kier alpha value is 0.600. The van der Waals surface area contributed by atoms with E-state index in [1.54, 1.807) is 0 Å². The van der Waals surface area contributed by atoms with Gasteiger partial charge in [-0.25, -0.2) is 0 Å². The normalized spacial score (nSPS) is 13.0. The molecule has 0 aliphatic carbocycles. The van der Waals surface area contributed by atoms with E-state index in [1.165, 1.54) is 10.6 Å². The molecule has 0 spiro atoms. The molecular weight excluding hydrogens is 182 g/mol. The average Bonchev–Trinajstić information content (AvgIpc) is 1.49. The van der Waals surface area contributed by atoms with Gasteiger partial charge in [-0.05, 0) is 15.9 Å². The smallest absolute Gasteiger partial charge is 0.0158 e. The van der Waals surface area contributed by atoms with Crippen LogP contribution < -0.4 is 0 Å². The van der Waals surface area contributed by atoms with Crippen molar-refractivity contribution in [2.45, 2.75) is 41.5 Å². The van der Waals surface area contributed by atoms with Crippen LogP contribution in [-0.2, 0) is 0 Å². The molecule has 0 aliphatic heterocycles. The molecule has 0 aromatic rings. The van der Waals surface area contributed by atoms with Crippen LogP contribution in [-0.4, -0.2) is 0 Å². The van der Waals surface area contributed by atoms with Gasteiger partial charge in [0, 0.05) is 0 Å². The van der Waals surface area contributed by atoms with Crippen molar-refractivity contribution < 1.29 is 0 Å². The summed E-state index contributed by atoms with van der Waals surface area (Å²) in [5, 5.41) is 1.30. The zero-order valence-electron chi connectivity index (χ0n) is 9.15. The van der Waals surface area contributed by atoms with E-state index >= 15 is 0 Å². The summed E-state index contributed by atoms with van der Waals surface area (Å²) >= 11 is 0. The highest BCUT2D eigenvalue weighted by atomic mass is 31.1. The monoisotopic (exact) mass is 204 g/mol. The van der Waals surface area contributed by atoms with Gasteiger partial charge in [-0.2, -0.15) is 0 Å². The SMILES string of the molecule is CC(C)(C)C(=C(P)P)C(C)(C)C. The van der Waals surface area contributed by atoms with Crippen LogP contribution in [0.2, 0.25) is 0 Å². The zero-order chi connectivity index (χ0) is 10.2. The van der Waals surface area contributed by atoms with Gasteiger partial charge in [0.1, 0.15) is 0 Å². The molecule has 0 aromatic heterocycles. The minimum Gasteiger partial charge on any atom is -0.106 e. The fourth-order valence-corrected chi connectivity index (χ4v) is 3.72. The Morgan fingerprint density at radius 2 is 1.00 bits per heavy atom. The van der Waals surface area contributed by atoms with E-state index in [0.29, 0.717) is 0 Å². The van der Waals surface area contributed by atoms with Crippen molar-refractivity contribution >= 4 is 18.5 Å². The summed E-state index contributed by atoms with van der Waals surface area (Å²) < 4.78 is 0. The van der Waals surface area contributed by atoms with Gasteiger partial charge in [-0.3, -0.25) is 0 Å². The molecule has 0 nitrogen and oxygen atoms in total. The van der Waals surface area contributed by atoms with Crippen LogP contribution in [0.4, 0.5) is 0 Å². The minimum atomic E-state index is 0.261. The highest BCUT2D eigenvalue weighted by molar-refractivity contribution is 7.45. The molecule has 0 rings (SSSR count). The molecule has 2 atom stereocenters. The highest BCUT2D eigenvalue weighted by Gasteiger charge is 2.28. The molecule has 0 aliphatic rings. The third-order valence-corrected chi connectivity index (χ3v) is 2.37. The number of rotatable bonds is 0. The second kappa shape index (κ2) is 3.77. The molecule has 0 saturated heterocycles. The summed E-state index contributed by atoms with van der Waals surface area (Å²) in [5.74, 6) is 0. The maximum Gasteiger partial charge on any atom is -0.0158 e. The van der Waals surface area contributed by atoms with Gasteiger partial charge in [0.25, 0.3) is 0 Å². The molecule has 0 heterocycles. The summed E-state index contributed by atoms with van der Waals surface area (Å²) in [4.78, 5) is 0. The van der Waals surface area contributed by atoms with Crippen molar-refractivity contribution in [3.8, 4) is 0 Å². The van der Waals surface area contributed by atoms with Gasteiger partial charge < -0.3 is 0 Å². The molecule has 0 N–H and O–H groups in total. The molecule has 0 radical (unpaired) electrons. The summed E-state index contributed by atoms with van der Waals surface area (Å²) in [6, 6.07) is 0. The maximum absolute atomic E-state index is 2.79. The van der Waals surface area contributed by atoms with Crippen molar-refractivity contribution in [2.24, 2.45) is 10.8 Å². The third kappa shape index (κ3) is 3.55. The van der Waals surface area contributed by atoms with Crippen molar-refractivity contribution in [3.63, 3.8) is 0 Å². The zero-order valence-corrected chi connectivity index (χ0v) is 11.5. The average molecular weight is 204 g/mol. The number of allylic oxidation sites excluding steroid dienone is 1. The van der Waals surface area contributed by atoms with Gasteiger partial charge in [0.15, 0.2) is 0 Å². The fraction of sp³-hybridized carbons (Fsp3) is 0.800. The van der Waals surface area contributed by atoms with Gasteiger partial charge >= 0.3 is 0 Å². The first-order valence-corrected chi connectivity index (χ1v) is 5.48. The Bertz CT molecular complexity index is 169. The van der Waals surface area contributed by atoms with Crippen LogP contribution >= 0.6 is 18.5 Å². The lowest BCUT2D eigenvalue weighted by molar-refractivity contribution is 0.362. The minimum absolute atomic E-state index is 0.261. The van der Waals surface area contributed by atoms with Crippen LogP contribution in [0, 0.1) is 10.8 Å². The second-order valence-corrected chi connectivity index (χ2v) is 7.24. The van der Waals surface area contributed by atoms with E-state index in [9.17, 15) is 0 Å². The largest absolute Gasteiger partial charge is 0.106 e. The summed E-state index contributed by atoms with van der Waals surface area (Å²) in [6.45, 7) is 13.6. The number of hydrogen-bond acceptors (Lipinski definition) is 0. The van der Waals surface area contributed by atoms with E-state index in [0.717, 1.165) is 0 Å². The first kappa shape index (κ1) is 12.6. The summed E-state index contributed by atoms with van der Waals surface area (Å²) in [6.07, 6.45) is 0.